The summed E-state index contributed by atoms with van der Waals surface area (Å²) in [5, 5.41) is 16.4. The normalized spacial score (nSPS) is 20.4. The third kappa shape index (κ3) is 4.85. The molecule has 2 aromatic heterocycles. The number of aryl methyl sites for hydroxylation is 1. The number of hydrogen-bond acceptors (Lipinski definition) is 6. The number of nitrogens with one attached hydrogen (secondary N) is 1. The van der Waals surface area contributed by atoms with E-state index in [0.29, 0.717) is 12.3 Å². The smallest absolute Gasteiger partial charge is 0.255 e. The van der Waals surface area contributed by atoms with Gasteiger partial charge in [-0.3, -0.25) is 4.68 Å². The lowest BCUT2D eigenvalue weighted by Crippen LogP contribution is -2.23. The molecule has 0 amide bonds. The van der Waals surface area contributed by atoms with Crippen LogP contribution in [-0.2, 0) is 6.54 Å². The maximum Gasteiger partial charge on any atom is 0.255 e. The maximum atomic E-state index is 13.9. The zero-order valence-corrected chi connectivity index (χ0v) is 13.7. The molecule has 0 saturated heterocycles. The number of hydrogen-bond donors (Lipinski definition) is 2. The molecule has 1 aliphatic rings. The molecule has 3 rings (SSSR count). The van der Waals surface area contributed by atoms with Crippen molar-refractivity contribution in [2.75, 3.05) is 18.6 Å². The van der Waals surface area contributed by atoms with Crippen molar-refractivity contribution in [3.8, 4) is 5.88 Å². The van der Waals surface area contributed by atoms with Crippen LogP contribution in [0, 0.1) is 11.7 Å². The zero-order valence-electron chi connectivity index (χ0n) is 13.7. The Morgan fingerprint density at radius 2 is 2.08 bits per heavy atom. The molecule has 2 N–H and O–H groups in total. The molecule has 2 heterocycles. The second-order valence-corrected chi connectivity index (χ2v) is 6.14. The minimum absolute atomic E-state index is 0.111. The van der Waals surface area contributed by atoms with Crippen LogP contribution in [0.4, 0.5) is 20.4 Å². The Morgan fingerprint density at radius 3 is 2.84 bits per heavy atom. The molecular weight excluding hydrogens is 332 g/mol. The van der Waals surface area contributed by atoms with Crippen molar-refractivity contribution in [2.24, 2.45) is 5.92 Å². The van der Waals surface area contributed by atoms with Gasteiger partial charge in [0, 0.05) is 6.20 Å². The van der Waals surface area contributed by atoms with Crippen molar-refractivity contribution in [1.29, 1.82) is 0 Å². The molecule has 9 heteroatoms. The molecule has 136 valence electrons. The Balaban J connectivity index is 1.59. The van der Waals surface area contributed by atoms with Gasteiger partial charge in [0.25, 0.3) is 5.88 Å². The third-order valence-corrected chi connectivity index (χ3v) is 4.19. The number of aliphatic hydroxyl groups excluding tert-OH is 1. The van der Waals surface area contributed by atoms with Crippen molar-refractivity contribution < 1.29 is 18.6 Å². The molecule has 0 atom stereocenters. The number of halogens is 2. The van der Waals surface area contributed by atoms with E-state index in [9.17, 15) is 13.9 Å². The summed E-state index contributed by atoms with van der Waals surface area (Å²) >= 11 is 0. The van der Waals surface area contributed by atoms with Gasteiger partial charge in [-0.05, 0) is 31.6 Å². The Bertz CT molecular complexity index is 689. The summed E-state index contributed by atoms with van der Waals surface area (Å²) in [5.41, 5.74) is 0.576. The summed E-state index contributed by atoms with van der Waals surface area (Å²) in [7, 11) is 0. The lowest BCUT2D eigenvalue weighted by molar-refractivity contribution is 0.0899. The average Bonchev–Trinajstić information content (AvgIpc) is 3.04. The van der Waals surface area contributed by atoms with E-state index in [1.807, 2.05) is 0 Å². The predicted molar refractivity (Wildman–Crippen MR) is 86.9 cm³/mol. The Morgan fingerprint density at radius 1 is 1.28 bits per heavy atom. The van der Waals surface area contributed by atoms with Gasteiger partial charge in [-0.1, -0.05) is 0 Å². The first-order valence-electron chi connectivity index (χ1n) is 8.33. The van der Waals surface area contributed by atoms with Gasteiger partial charge < -0.3 is 15.2 Å². The molecule has 0 unspecified atom stereocenters. The lowest BCUT2D eigenvalue weighted by Gasteiger charge is -2.25. The largest absolute Gasteiger partial charge is 0.475 e. The highest BCUT2D eigenvalue weighted by molar-refractivity contribution is 5.50. The van der Waals surface area contributed by atoms with Crippen LogP contribution in [0.5, 0.6) is 5.88 Å². The molecular formula is C16H21F2N5O2. The third-order valence-electron chi connectivity index (χ3n) is 4.19. The molecule has 1 fully saturated rings. The summed E-state index contributed by atoms with van der Waals surface area (Å²) in [6.07, 6.45) is 7.13. The van der Waals surface area contributed by atoms with Crippen LogP contribution in [0.25, 0.3) is 0 Å². The lowest BCUT2D eigenvalue weighted by atomic mass is 9.88. The van der Waals surface area contributed by atoms with Gasteiger partial charge in [0.15, 0.2) is 0 Å². The first kappa shape index (κ1) is 17.5. The quantitative estimate of drug-likeness (QED) is 0.795. The van der Waals surface area contributed by atoms with Crippen molar-refractivity contribution in [2.45, 2.75) is 38.3 Å². The van der Waals surface area contributed by atoms with Crippen LogP contribution < -0.4 is 10.1 Å². The van der Waals surface area contributed by atoms with Gasteiger partial charge in [-0.25, -0.2) is 9.37 Å². The van der Waals surface area contributed by atoms with Gasteiger partial charge in [0.05, 0.1) is 37.3 Å². The van der Waals surface area contributed by atoms with Crippen LogP contribution in [0.2, 0.25) is 0 Å². The summed E-state index contributed by atoms with van der Waals surface area (Å²) in [5.74, 6) is -0.280. The SMILES string of the molecule is O[C@H]1CC[C@H](COc2nc(Nc3cnn(CCF)c3)ncc2F)CC1. The number of nitrogens with zero attached hydrogens (tertiary/aromatic N) is 4. The summed E-state index contributed by atoms with van der Waals surface area (Å²) in [6.45, 7) is 0.00920. The van der Waals surface area contributed by atoms with Gasteiger partial charge >= 0.3 is 0 Å². The number of ether oxygens (including phenoxy) is 1. The molecule has 0 spiro atoms. The molecule has 2 aromatic rings. The van der Waals surface area contributed by atoms with Crippen LogP contribution in [-0.4, -0.2) is 44.2 Å². The standard InChI is InChI=1S/C16H21F2N5O2/c17-5-6-23-9-12(7-20-23)21-16-19-8-14(18)15(22-16)25-10-11-1-3-13(24)4-2-11/h7-9,11,13,24H,1-6,10H2,(H,19,21,22)/t11-,13-. The molecule has 0 bridgehead atoms. The van der Waals surface area contributed by atoms with Crippen LogP contribution in [0.3, 0.4) is 0 Å². The Hall–Kier alpha value is -2.29. The van der Waals surface area contributed by atoms with E-state index in [1.165, 1.54) is 10.9 Å². The fourth-order valence-corrected chi connectivity index (χ4v) is 2.79. The molecule has 0 aromatic carbocycles. The number of aliphatic hydroxyl groups is 1. The Labute approximate surface area is 144 Å². The molecule has 0 aliphatic heterocycles. The average molecular weight is 353 g/mol. The highest BCUT2D eigenvalue weighted by Gasteiger charge is 2.20. The number of alkyl halides is 1. The van der Waals surface area contributed by atoms with Crippen molar-refractivity contribution in [1.82, 2.24) is 19.7 Å². The van der Waals surface area contributed by atoms with Crippen molar-refractivity contribution in [3.05, 3.63) is 24.4 Å². The zero-order chi connectivity index (χ0) is 17.6. The second-order valence-electron chi connectivity index (χ2n) is 6.14. The van der Waals surface area contributed by atoms with Crippen molar-refractivity contribution >= 4 is 11.6 Å². The van der Waals surface area contributed by atoms with E-state index in [4.69, 9.17) is 4.74 Å². The van der Waals surface area contributed by atoms with Gasteiger partial charge in [0.1, 0.15) is 6.67 Å². The number of rotatable bonds is 7. The van der Waals surface area contributed by atoms with Gasteiger partial charge in [-0.2, -0.15) is 14.5 Å². The van der Waals surface area contributed by atoms with E-state index < -0.39 is 12.5 Å². The highest BCUT2D eigenvalue weighted by Crippen LogP contribution is 2.25. The molecule has 7 nitrogen and oxygen atoms in total. The summed E-state index contributed by atoms with van der Waals surface area (Å²) in [6, 6.07) is 0. The molecule has 0 radical (unpaired) electrons. The van der Waals surface area contributed by atoms with E-state index in [0.717, 1.165) is 31.9 Å². The first-order valence-corrected chi connectivity index (χ1v) is 8.33. The van der Waals surface area contributed by atoms with Gasteiger partial charge in [-0.15, -0.1) is 0 Å². The van der Waals surface area contributed by atoms with E-state index in [-0.39, 0.29) is 30.4 Å². The summed E-state index contributed by atoms with van der Waals surface area (Å²) in [4.78, 5) is 7.91. The van der Waals surface area contributed by atoms with Crippen LogP contribution in [0.1, 0.15) is 25.7 Å². The summed E-state index contributed by atoms with van der Waals surface area (Å²) < 4.78 is 33.1. The van der Waals surface area contributed by atoms with Gasteiger partial charge in [0.2, 0.25) is 11.8 Å². The highest BCUT2D eigenvalue weighted by atomic mass is 19.1. The minimum atomic E-state index is -0.630. The fourth-order valence-electron chi connectivity index (χ4n) is 2.79. The molecule has 1 saturated carbocycles. The molecule has 1 aliphatic carbocycles. The van der Waals surface area contributed by atoms with Crippen molar-refractivity contribution in [3.63, 3.8) is 0 Å². The maximum absolute atomic E-state index is 13.9. The Kier molecular flexibility index (Phi) is 5.75. The number of aromatic nitrogens is 4. The predicted octanol–water partition coefficient (Wildman–Crippen LogP) is 2.46. The topological polar surface area (TPSA) is 85.1 Å². The van der Waals surface area contributed by atoms with E-state index in [2.05, 4.69) is 20.4 Å². The monoisotopic (exact) mass is 353 g/mol. The molecule has 25 heavy (non-hydrogen) atoms. The fraction of sp³-hybridized carbons (Fsp3) is 0.562. The van der Waals surface area contributed by atoms with Crippen LogP contribution >= 0.6 is 0 Å². The number of anilines is 2. The second kappa shape index (κ2) is 8.19. The van der Waals surface area contributed by atoms with E-state index in [1.54, 1.807) is 6.20 Å². The van der Waals surface area contributed by atoms with E-state index >= 15 is 0 Å². The first-order chi connectivity index (χ1) is 12.1. The minimum Gasteiger partial charge on any atom is -0.475 e. The van der Waals surface area contributed by atoms with Crippen LogP contribution in [0.15, 0.2) is 18.6 Å².